The lowest BCUT2D eigenvalue weighted by molar-refractivity contribution is -0.908. The van der Waals surface area contributed by atoms with Crippen LogP contribution in [0.2, 0.25) is 0 Å². The van der Waals surface area contributed by atoms with Crippen molar-refractivity contribution in [2.75, 3.05) is 7.05 Å². The van der Waals surface area contributed by atoms with Crippen LogP contribution in [0.5, 0.6) is 5.75 Å². The van der Waals surface area contributed by atoms with Crippen LogP contribution in [0, 0.1) is 12.7 Å². The van der Waals surface area contributed by atoms with E-state index in [9.17, 15) is 14.4 Å². The maximum absolute atomic E-state index is 13.9. The minimum Gasteiger partial charge on any atom is -0.490 e. The molecule has 0 bridgehead atoms. The molecule has 2 heterocycles. The molecule has 1 aliphatic carbocycles. The number of ether oxygens (including phenoxy) is 1. The van der Waals surface area contributed by atoms with Gasteiger partial charge in [0.05, 0.1) is 35.3 Å². The lowest BCUT2D eigenvalue weighted by Crippen LogP contribution is -2.35. The maximum atomic E-state index is 13.9. The van der Waals surface area contributed by atoms with Gasteiger partial charge in [-0.1, -0.05) is 12.1 Å². The number of fused-ring (bicyclic) bond motifs is 1. The van der Waals surface area contributed by atoms with Gasteiger partial charge >= 0.3 is 0 Å². The van der Waals surface area contributed by atoms with E-state index in [-0.39, 0.29) is 24.4 Å². The van der Waals surface area contributed by atoms with E-state index in [0.717, 1.165) is 46.0 Å². The Kier molecular flexibility index (Phi) is 5.65. The lowest BCUT2D eigenvalue weighted by Gasteiger charge is -2.28. The monoisotopic (exact) mass is 461 g/mol. The van der Waals surface area contributed by atoms with Crippen molar-refractivity contribution >= 4 is 16.8 Å². The van der Waals surface area contributed by atoms with E-state index in [4.69, 9.17) is 4.74 Å². The number of carbonyl (C=O) groups is 1. The first-order chi connectivity index (χ1) is 16.4. The standard InChI is InChI=1S/C26H25FN4O3/c1-16-23-13-28-29-25(23)19(15-31(16)33)14-30(2)26(32)18-9-10-22(17-5-3-6-20(27)11-17)24(12-18)34-21-7-4-8-21/h3,5-6,9-13,15,21,33H,4,7-8,14H2,1-2H3/p+1. The predicted octanol–water partition coefficient (Wildman–Crippen LogP) is 4.41. The van der Waals surface area contributed by atoms with Gasteiger partial charge in [-0.25, -0.2) is 4.39 Å². The van der Waals surface area contributed by atoms with Crippen LogP contribution in [0.25, 0.3) is 22.0 Å². The van der Waals surface area contributed by atoms with Gasteiger partial charge in [-0.3, -0.25) is 15.1 Å². The molecule has 0 unspecified atom stereocenters. The molecule has 0 saturated heterocycles. The molecule has 2 N–H and O–H groups in total. The molecular weight excluding hydrogens is 435 g/mol. The molecule has 2 aromatic heterocycles. The fourth-order valence-corrected chi connectivity index (χ4v) is 4.22. The van der Waals surface area contributed by atoms with Gasteiger partial charge in [0.1, 0.15) is 11.6 Å². The van der Waals surface area contributed by atoms with Gasteiger partial charge in [-0.2, -0.15) is 5.10 Å². The minimum atomic E-state index is -0.323. The van der Waals surface area contributed by atoms with E-state index in [1.54, 1.807) is 49.5 Å². The molecule has 174 valence electrons. The molecule has 0 atom stereocenters. The first-order valence-corrected chi connectivity index (χ1v) is 11.3. The van der Waals surface area contributed by atoms with Crippen molar-refractivity contribution < 1.29 is 23.9 Å². The highest BCUT2D eigenvalue weighted by Crippen LogP contribution is 2.35. The Balaban J connectivity index is 1.45. The third-order valence-corrected chi connectivity index (χ3v) is 6.44. The molecule has 1 fully saturated rings. The second-order valence-corrected chi connectivity index (χ2v) is 8.80. The van der Waals surface area contributed by atoms with Gasteiger partial charge in [0.25, 0.3) is 5.91 Å². The van der Waals surface area contributed by atoms with Crippen molar-refractivity contribution in [1.29, 1.82) is 0 Å². The van der Waals surface area contributed by atoms with Gasteiger partial charge in [-0.05, 0) is 55.2 Å². The van der Waals surface area contributed by atoms with Crippen molar-refractivity contribution in [3.63, 3.8) is 0 Å². The summed E-state index contributed by atoms with van der Waals surface area (Å²) in [6, 6.07) is 11.6. The van der Waals surface area contributed by atoms with E-state index in [2.05, 4.69) is 10.2 Å². The lowest BCUT2D eigenvalue weighted by atomic mass is 9.95. The highest BCUT2D eigenvalue weighted by Gasteiger charge is 2.24. The van der Waals surface area contributed by atoms with Gasteiger partial charge in [0, 0.05) is 29.8 Å². The molecular formula is C26H26FN4O3+. The van der Waals surface area contributed by atoms with E-state index in [1.165, 1.54) is 12.1 Å². The number of aromatic nitrogens is 3. The van der Waals surface area contributed by atoms with Crippen LogP contribution in [0.4, 0.5) is 4.39 Å². The summed E-state index contributed by atoms with van der Waals surface area (Å²) in [7, 11) is 1.71. The third-order valence-electron chi connectivity index (χ3n) is 6.44. The predicted molar refractivity (Wildman–Crippen MR) is 124 cm³/mol. The second kappa shape index (κ2) is 8.78. The topological polar surface area (TPSA) is 82.3 Å². The fourth-order valence-electron chi connectivity index (χ4n) is 4.22. The Morgan fingerprint density at radius 1 is 1.29 bits per heavy atom. The average molecular weight is 462 g/mol. The summed E-state index contributed by atoms with van der Waals surface area (Å²) in [5, 5.41) is 18.0. The van der Waals surface area contributed by atoms with E-state index in [0.29, 0.717) is 22.6 Å². The highest BCUT2D eigenvalue weighted by molar-refractivity contribution is 5.95. The Morgan fingerprint density at radius 2 is 2.12 bits per heavy atom. The number of pyridine rings is 1. The summed E-state index contributed by atoms with van der Waals surface area (Å²) in [5.41, 5.74) is 4.10. The van der Waals surface area contributed by atoms with E-state index >= 15 is 0 Å². The number of nitrogens with zero attached hydrogens (tertiary/aromatic N) is 3. The molecule has 1 saturated carbocycles. The zero-order valence-corrected chi connectivity index (χ0v) is 19.1. The summed E-state index contributed by atoms with van der Waals surface area (Å²) < 4.78 is 21.1. The smallest absolute Gasteiger partial charge is 0.254 e. The first kappa shape index (κ1) is 21.9. The van der Waals surface area contributed by atoms with Crippen LogP contribution < -0.4 is 9.47 Å². The van der Waals surface area contributed by atoms with Crippen molar-refractivity contribution in [2.45, 2.75) is 38.8 Å². The average Bonchev–Trinajstić information content (AvgIpc) is 3.29. The van der Waals surface area contributed by atoms with Crippen molar-refractivity contribution in [2.24, 2.45) is 0 Å². The number of nitrogens with one attached hydrogen (secondary N) is 1. The van der Waals surface area contributed by atoms with Crippen LogP contribution in [0.15, 0.2) is 54.9 Å². The number of amides is 1. The minimum absolute atomic E-state index is 0.108. The molecule has 1 aliphatic rings. The summed E-state index contributed by atoms with van der Waals surface area (Å²) in [5.74, 6) is 0.0624. The molecule has 2 aromatic carbocycles. The Bertz CT molecular complexity index is 1380. The number of rotatable bonds is 6. The van der Waals surface area contributed by atoms with Gasteiger partial charge in [0.2, 0.25) is 11.9 Å². The largest absolute Gasteiger partial charge is 0.490 e. The number of H-pyrrole nitrogens is 1. The molecule has 0 aliphatic heterocycles. The molecule has 8 heteroatoms. The zero-order valence-electron chi connectivity index (χ0n) is 19.1. The van der Waals surface area contributed by atoms with Gasteiger partial charge in [-0.15, -0.1) is 0 Å². The Morgan fingerprint density at radius 3 is 2.85 bits per heavy atom. The van der Waals surface area contributed by atoms with Crippen molar-refractivity contribution in [3.05, 3.63) is 77.5 Å². The van der Waals surface area contributed by atoms with E-state index < -0.39 is 0 Å². The number of benzene rings is 2. The summed E-state index contributed by atoms with van der Waals surface area (Å²) >= 11 is 0. The number of hydrogen-bond acceptors (Lipinski definition) is 4. The third kappa shape index (κ3) is 4.07. The Labute approximate surface area is 196 Å². The number of aromatic amines is 1. The molecule has 0 spiro atoms. The van der Waals surface area contributed by atoms with Crippen LogP contribution in [-0.4, -0.2) is 39.4 Å². The van der Waals surface area contributed by atoms with Crippen LogP contribution in [0.3, 0.4) is 0 Å². The molecule has 1 amide bonds. The summed E-state index contributed by atoms with van der Waals surface area (Å²) in [6.07, 6.45) is 6.39. The highest BCUT2D eigenvalue weighted by atomic mass is 19.1. The molecule has 0 radical (unpaired) electrons. The molecule has 7 nitrogen and oxygen atoms in total. The summed E-state index contributed by atoms with van der Waals surface area (Å²) in [6.45, 7) is 2.06. The maximum Gasteiger partial charge on any atom is 0.254 e. The van der Waals surface area contributed by atoms with Crippen molar-refractivity contribution in [3.8, 4) is 16.9 Å². The Hall–Kier alpha value is -3.94. The number of carbonyl (C=O) groups excluding carboxylic acids is 1. The van der Waals surface area contributed by atoms with Gasteiger partial charge in [0.15, 0.2) is 0 Å². The fraction of sp³-hybridized carbons (Fsp3) is 0.269. The van der Waals surface area contributed by atoms with Crippen molar-refractivity contribution in [1.82, 2.24) is 15.1 Å². The quantitative estimate of drug-likeness (QED) is 0.329. The zero-order chi connectivity index (χ0) is 23.8. The number of halogens is 1. The first-order valence-electron chi connectivity index (χ1n) is 11.3. The van der Waals surface area contributed by atoms with Crippen LogP contribution in [0.1, 0.15) is 40.9 Å². The van der Waals surface area contributed by atoms with Gasteiger partial charge < -0.3 is 9.64 Å². The second-order valence-electron chi connectivity index (χ2n) is 8.80. The molecule has 4 aromatic rings. The van der Waals surface area contributed by atoms with E-state index in [1.807, 2.05) is 12.1 Å². The number of aryl methyl sites for hydroxylation is 1. The SMILES string of the molecule is Cc1c2cn[nH]c2c(CN(C)C(=O)c2ccc(-c3cccc(F)c3)c(OC3CCC3)c2)c[n+]1O. The van der Waals surface area contributed by atoms with Crippen LogP contribution >= 0.6 is 0 Å². The normalized spacial score (nSPS) is 13.6. The van der Waals surface area contributed by atoms with Crippen LogP contribution in [-0.2, 0) is 6.54 Å². The number of hydrogen-bond donors (Lipinski definition) is 2. The molecule has 34 heavy (non-hydrogen) atoms. The molecule has 5 rings (SSSR count). The summed E-state index contributed by atoms with van der Waals surface area (Å²) in [4.78, 5) is 14.9.